The van der Waals surface area contributed by atoms with Crippen molar-refractivity contribution in [3.63, 3.8) is 0 Å². The molecule has 2 aliphatic rings. The molecule has 1 atom stereocenters. The molecule has 168 valence electrons. The lowest BCUT2D eigenvalue weighted by molar-refractivity contribution is -0.131. The van der Waals surface area contributed by atoms with Crippen LogP contribution in [0.2, 0.25) is 0 Å². The summed E-state index contributed by atoms with van der Waals surface area (Å²) in [6, 6.07) is 25.6. The van der Waals surface area contributed by atoms with Crippen LogP contribution in [-0.2, 0) is 4.79 Å². The Kier molecular flexibility index (Phi) is 5.63. The van der Waals surface area contributed by atoms with Crippen LogP contribution < -0.4 is 9.47 Å². The fourth-order valence-electron chi connectivity index (χ4n) is 4.99. The van der Waals surface area contributed by atoms with Crippen LogP contribution in [0.5, 0.6) is 11.5 Å². The fourth-order valence-corrected chi connectivity index (χ4v) is 4.99. The molecule has 0 bridgehead atoms. The van der Waals surface area contributed by atoms with Gasteiger partial charge in [-0.1, -0.05) is 60.7 Å². The summed E-state index contributed by atoms with van der Waals surface area (Å²) in [6.45, 7) is 1.02. The molecule has 5 heteroatoms. The van der Waals surface area contributed by atoms with Gasteiger partial charge in [-0.25, -0.2) is 0 Å². The molecule has 1 unspecified atom stereocenters. The molecule has 1 fully saturated rings. The highest BCUT2D eigenvalue weighted by Crippen LogP contribution is 2.40. The van der Waals surface area contributed by atoms with Gasteiger partial charge in [0.05, 0.1) is 25.6 Å². The number of likely N-dealkylation sites (tertiary alicyclic amines) is 1. The molecule has 5 rings (SSSR count). The third kappa shape index (κ3) is 4.23. The summed E-state index contributed by atoms with van der Waals surface area (Å²) in [6.07, 6.45) is 1.31. The van der Waals surface area contributed by atoms with Gasteiger partial charge in [0, 0.05) is 25.3 Å². The molecular formula is C28H27NO4. The van der Waals surface area contributed by atoms with Gasteiger partial charge in [0.15, 0.2) is 5.78 Å². The average molecular weight is 442 g/mol. The van der Waals surface area contributed by atoms with Crippen LogP contribution in [0.15, 0.2) is 78.9 Å². The first-order valence-electron chi connectivity index (χ1n) is 11.3. The lowest BCUT2D eigenvalue weighted by Gasteiger charge is -2.35. The van der Waals surface area contributed by atoms with Crippen LogP contribution in [0.3, 0.4) is 0 Å². The topological polar surface area (TPSA) is 55.8 Å². The first-order valence-corrected chi connectivity index (χ1v) is 11.3. The van der Waals surface area contributed by atoms with Gasteiger partial charge >= 0.3 is 0 Å². The van der Waals surface area contributed by atoms with Crippen LogP contribution in [-0.4, -0.2) is 42.4 Å². The highest BCUT2D eigenvalue weighted by atomic mass is 16.5. The molecule has 33 heavy (non-hydrogen) atoms. The van der Waals surface area contributed by atoms with E-state index in [0.29, 0.717) is 43.0 Å². The number of hydrogen-bond donors (Lipinski definition) is 0. The van der Waals surface area contributed by atoms with Gasteiger partial charge in [0.25, 0.3) is 0 Å². The third-order valence-corrected chi connectivity index (χ3v) is 6.75. The van der Waals surface area contributed by atoms with Gasteiger partial charge in [-0.05, 0) is 29.3 Å². The fraction of sp³-hybridized carbons (Fsp3) is 0.286. The normalized spacial score (nSPS) is 19.5. The van der Waals surface area contributed by atoms with E-state index in [1.54, 1.807) is 25.3 Å². The highest BCUT2D eigenvalue weighted by Gasteiger charge is 2.47. The molecule has 1 saturated heterocycles. The van der Waals surface area contributed by atoms with E-state index in [0.717, 1.165) is 11.1 Å². The number of methoxy groups -OCH3 is 1. The monoisotopic (exact) mass is 441 g/mol. The Labute approximate surface area is 193 Å². The Morgan fingerprint density at radius 2 is 1.70 bits per heavy atom. The minimum absolute atomic E-state index is 0.0152. The van der Waals surface area contributed by atoms with E-state index in [1.165, 1.54) is 0 Å². The van der Waals surface area contributed by atoms with Gasteiger partial charge in [0.2, 0.25) is 5.91 Å². The van der Waals surface area contributed by atoms with E-state index in [1.807, 2.05) is 41.3 Å². The van der Waals surface area contributed by atoms with E-state index in [-0.39, 0.29) is 24.0 Å². The second-order valence-electron chi connectivity index (χ2n) is 8.89. The van der Waals surface area contributed by atoms with E-state index in [2.05, 4.69) is 24.3 Å². The standard InChI is InChI=1S/C28H27NO4/c1-32-22-12-13-26-24(16-22)25(30)18-28(33-26)14-15-29(19-28)27(31)17-23(20-8-4-2-5-9-20)21-10-6-3-7-11-21/h2-13,16,23H,14-15,17-19H2,1H3. The predicted octanol–water partition coefficient (Wildman–Crippen LogP) is 4.85. The van der Waals surface area contributed by atoms with Crippen molar-refractivity contribution in [3.8, 4) is 11.5 Å². The Bertz CT molecular complexity index is 1120. The zero-order valence-corrected chi connectivity index (χ0v) is 18.7. The Balaban J connectivity index is 1.33. The van der Waals surface area contributed by atoms with Crippen molar-refractivity contribution in [1.82, 2.24) is 4.90 Å². The molecule has 1 spiro atoms. The zero-order valence-electron chi connectivity index (χ0n) is 18.7. The first kappa shape index (κ1) is 21.3. The molecule has 1 amide bonds. The Hall–Kier alpha value is -3.60. The van der Waals surface area contributed by atoms with Crippen molar-refractivity contribution in [3.05, 3.63) is 95.6 Å². The van der Waals surface area contributed by atoms with Crippen LogP contribution in [0.1, 0.15) is 46.7 Å². The lowest BCUT2D eigenvalue weighted by Crippen LogP contribution is -2.45. The smallest absolute Gasteiger partial charge is 0.223 e. The molecular weight excluding hydrogens is 414 g/mol. The minimum Gasteiger partial charge on any atom is -0.497 e. The maximum atomic E-state index is 13.4. The summed E-state index contributed by atoms with van der Waals surface area (Å²) >= 11 is 0. The molecule has 0 aromatic heterocycles. The van der Waals surface area contributed by atoms with E-state index >= 15 is 0 Å². The van der Waals surface area contributed by atoms with Crippen molar-refractivity contribution in [2.24, 2.45) is 0 Å². The van der Waals surface area contributed by atoms with Crippen LogP contribution in [0.4, 0.5) is 0 Å². The maximum Gasteiger partial charge on any atom is 0.223 e. The van der Waals surface area contributed by atoms with Crippen molar-refractivity contribution >= 4 is 11.7 Å². The summed E-state index contributed by atoms with van der Waals surface area (Å²) in [7, 11) is 1.58. The highest BCUT2D eigenvalue weighted by molar-refractivity contribution is 6.01. The Morgan fingerprint density at radius 3 is 2.33 bits per heavy atom. The van der Waals surface area contributed by atoms with Crippen molar-refractivity contribution in [2.45, 2.75) is 30.8 Å². The third-order valence-electron chi connectivity index (χ3n) is 6.75. The second kappa shape index (κ2) is 8.74. The summed E-state index contributed by atoms with van der Waals surface area (Å²) in [5.74, 6) is 1.32. The van der Waals surface area contributed by atoms with Gasteiger partial charge in [0.1, 0.15) is 17.1 Å². The molecule has 0 aliphatic carbocycles. The number of amides is 1. The average Bonchev–Trinajstić information content (AvgIpc) is 3.26. The second-order valence-corrected chi connectivity index (χ2v) is 8.89. The van der Waals surface area contributed by atoms with Gasteiger partial charge in [-0.3, -0.25) is 9.59 Å². The van der Waals surface area contributed by atoms with E-state index < -0.39 is 5.60 Å². The number of benzene rings is 3. The molecule has 2 aliphatic heterocycles. The molecule has 2 heterocycles. The number of fused-ring (bicyclic) bond motifs is 1. The lowest BCUT2D eigenvalue weighted by atomic mass is 9.88. The van der Waals surface area contributed by atoms with E-state index in [4.69, 9.17) is 9.47 Å². The van der Waals surface area contributed by atoms with E-state index in [9.17, 15) is 9.59 Å². The first-order chi connectivity index (χ1) is 16.1. The number of ether oxygens (including phenoxy) is 2. The number of rotatable bonds is 5. The van der Waals surface area contributed by atoms with Crippen LogP contribution in [0, 0.1) is 0 Å². The molecule has 3 aromatic rings. The summed E-state index contributed by atoms with van der Waals surface area (Å²) < 4.78 is 11.6. The molecule has 0 radical (unpaired) electrons. The molecule has 3 aromatic carbocycles. The number of ketones is 1. The minimum atomic E-state index is -0.649. The summed E-state index contributed by atoms with van der Waals surface area (Å²) in [5, 5.41) is 0. The number of hydrogen-bond acceptors (Lipinski definition) is 4. The molecule has 5 nitrogen and oxygen atoms in total. The summed E-state index contributed by atoms with van der Waals surface area (Å²) in [5.41, 5.74) is 2.15. The van der Waals surface area contributed by atoms with Crippen molar-refractivity contribution in [1.29, 1.82) is 0 Å². The quantitative estimate of drug-likeness (QED) is 0.568. The van der Waals surface area contributed by atoms with Crippen LogP contribution in [0.25, 0.3) is 0 Å². The maximum absolute atomic E-state index is 13.4. The van der Waals surface area contributed by atoms with Gasteiger partial charge in [-0.2, -0.15) is 0 Å². The molecule has 0 saturated carbocycles. The van der Waals surface area contributed by atoms with Crippen molar-refractivity contribution < 1.29 is 19.1 Å². The van der Waals surface area contributed by atoms with Crippen molar-refractivity contribution in [2.75, 3.05) is 20.2 Å². The van der Waals surface area contributed by atoms with Gasteiger partial charge in [-0.15, -0.1) is 0 Å². The summed E-state index contributed by atoms with van der Waals surface area (Å²) in [4.78, 5) is 28.2. The Morgan fingerprint density at radius 1 is 1.03 bits per heavy atom. The SMILES string of the molecule is COc1ccc2c(c1)C(=O)CC1(CCN(C(=O)CC(c3ccccc3)c3ccccc3)C1)O2. The predicted molar refractivity (Wildman–Crippen MR) is 126 cm³/mol. The molecule has 0 N–H and O–H groups in total. The van der Waals surface area contributed by atoms with Gasteiger partial charge < -0.3 is 14.4 Å². The number of nitrogens with zero attached hydrogens (tertiary/aromatic N) is 1. The van der Waals surface area contributed by atoms with Crippen LogP contribution >= 0.6 is 0 Å². The largest absolute Gasteiger partial charge is 0.497 e. The number of carbonyl (C=O) groups excluding carboxylic acids is 2. The zero-order chi connectivity index (χ0) is 22.8. The number of carbonyl (C=O) groups is 2. The number of Topliss-reactive ketones (excluding diaryl/α,β-unsaturated/α-hetero) is 1.